The Labute approximate surface area is 132 Å². The van der Waals surface area contributed by atoms with Crippen molar-refractivity contribution in [2.75, 3.05) is 11.1 Å². The molecule has 0 aromatic heterocycles. The van der Waals surface area contributed by atoms with Crippen LogP contribution in [-0.2, 0) is 4.79 Å². The molecule has 2 aromatic carbocycles. The molecule has 0 radical (unpaired) electrons. The normalized spacial score (nSPS) is 10.3. The van der Waals surface area contributed by atoms with E-state index < -0.39 is 0 Å². The molecule has 0 bridgehead atoms. The van der Waals surface area contributed by atoms with Crippen LogP contribution >= 0.6 is 27.7 Å². The highest BCUT2D eigenvalue weighted by atomic mass is 79.9. The van der Waals surface area contributed by atoms with Gasteiger partial charge in [-0.2, -0.15) is 0 Å². The lowest BCUT2D eigenvalue weighted by atomic mass is 10.2. The molecule has 0 saturated heterocycles. The molecule has 0 aliphatic heterocycles. The van der Waals surface area contributed by atoms with Crippen molar-refractivity contribution >= 4 is 39.3 Å². The summed E-state index contributed by atoms with van der Waals surface area (Å²) in [7, 11) is 0. The van der Waals surface area contributed by atoms with E-state index >= 15 is 0 Å². The number of hydrogen-bond acceptors (Lipinski definition) is 2. The zero-order valence-corrected chi connectivity index (χ0v) is 13.8. The number of thioether (sulfide) groups is 1. The van der Waals surface area contributed by atoms with Gasteiger partial charge in [-0.05, 0) is 55.3 Å². The number of carbonyl (C=O) groups is 1. The smallest absolute Gasteiger partial charge is 0.234 e. The Morgan fingerprint density at radius 3 is 2.70 bits per heavy atom. The zero-order valence-electron chi connectivity index (χ0n) is 11.4. The summed E-state index contributed by atoms with van der Waals surface area (Å²) in [6.45, 7) is 4.06. The van der Waals surface area contributed by atoms with Gasteiger partial charge in [0.25, 0.3) is 0 Å². The van der Waals surface area contributed by atoms with Crippen LogP contribution in [0.1, 0.15) is 11.1 Å². The predicted molar refractivity (Wildman–Crippen MR) is 89.4 cm³/mol. The second-order valence-electron chi connectivity index (χ2n) is 4.62. The Morgan fingerprint density at radius 2 is 2.00 bits per heavy atom. The second kappa shape index (κ2) is 6.95. The third-order valence-corrected chi connectivity index (χ3v) is 4.47. The lowest BCUT2D eigenvalue weighted by Crippen LogP contribution is -2.14. The van der Waals surface area contributed by atoms with Crippen LogP contribution in [0.25, 0.3) is 0 Å². The maximum atomic E-state index is 11.9. The topological polar surface area (TPSA) is 29.1 Å². The second-order valence-corrected chi connectivity index (χ2v) is 6.55. The maximum Gasteiger partial charge on any atom is 0.234 e. The number of carbonyl (C=O) groups excluding carboxylic acids is 1. The van der Waals surface area contributed by atoms with E-state index in [0.717, 1.165) is 20.6 Å². The third-order valence-electron chi connectivity index (χ3n) is 2.80. The summed E-state index contributed by atoms with van der Waals surface area (Å²) in [5, 5.41) is 2.91. The van der Waals surface area contributed by atoms with Gasteiger partial charge in [0.1, 0.15) is 0 Å². The maximum absolute atomic E-state index is 11.9. The van der Waals surface area contributed by atoms with Crippen molar-refractivity contribution in [3.8, 4) is 0 Å². The molecule has 0 heterocycles. The molecular formula is C16H16BrNOS. The van der Waals surface area contributed by atoms with Gasteiger partial charge >= 0.3 is 0 Å². The Bertz CT molecular complexity index is 628. The average Bonchev–Trinajstić information content (AvgIpc) is 2.37. The Hall–Kier alpha value is -1.26. The molecule has 2 rings (SSSR count). The van der Waals surface area contributed by atoms with E-state index in [0.29, 0.717) is 5.75 Å². The predicted octanol–water partition coefficient (Wildman–Crippen LogP) is 4.80. The van der Waals surface area contributed by atoms with Gasteiger partial charge in [-0.1, -0.05) is 28.1 Å². The summed E-state index contributed by atoms with van der Waals surface area (Å²) >= 11 is 4.99. The van der Waals surface area contributed by atoms with Crippen LogP contribution in [0.4, 0.5) is 5.69 Å². The Balaban J connectivity index is 1.92. The summed E-state index contributed by atoms with van der Waals surface area (Å²) in [6.07, 6.45) is 0. The number of amides is 1. The van der Waals surface area contributed by atoms with E-state index in [4.69, 9.17) is 0 Å². The van der Waals surface area contributed by atoms with Crippen molar-refractivity contribution in [2.45, 2.75) is 18.7 Å². The molecule has 0 aliphatic carbocycles. The number of halogens is 1. The summed E-state index contributed by atoms with van der Waals surface area (Å²) in [6, 6.07) is 13.9. The van der Waals surface area contributed by atoms with Gasteiger partial charge in [0, 0.05) is 15.1 Å². The molecule has 0 atom stereocenters. The highest BCUT2D eigenvalue weighted by Gasteiger charge is 2.06. The van der Waals surface area contributed by atoms with Gasteiger partial charge < -0.3 is 5.32 Å². The summed E-state index contributed by atoms with van der Waals surface area (Å²) in [5.41, 5.74) is 3.16. The molecule has 2 nitrogen and oxygen atoms in total. The molecule has 4 heteroatoms. The van der Waals surface area contributed by atoms with E-state index in [1.807, 2.05) is 50.2 Å². The van der Waals surface area contributed by atoms with Gasteiger partial charge in [-0.25, -0.2) is 0 Å². The van der Waals surface area contributed by atoms with Crippen LogP contribution in [0.2, 0.25) is 0 Å². The number of benzene rings is 2. The van der Waals surface area contributed by atoms with Gasteiger partial charge in [0.2, 0.25) is 5.91 Å². The third kappa shape index (κ3) is 4.39. The van der Waals surface area contributed by atoms with E-state index in [-0.39, 0.29) is 5.91 Å². The number of hydrogen-bond donors (Lipinski definition) is 1. The SMILES string of the molecule is Cc1cccc(NC(=O)CSc2ccc(Br)cc2C)c1. The van der Waals surface area contributed by atoms with Crippen molar-refractivity contribution in [1.29, 1.82) is 0 Å². The Morgan fingerprint density at radius 1 is 1.20 bits per heavy atom. The molecule has 0 spiro atoms. The number of anilines is 1. The molecule has 104 valence electrons. The van der Waals surface area contributed by atoms with Crippen LogP contribution in [-0.4, -0.2) is 11.7 Å². The average molecular weight is 350 g/mol. The van der Waals surface area contributed by atoms with E-state index in [9.17, 15) is 4.79 Å². The lowest BCUT2D eigenvalue weighted by molar-refractivity contribution is -0.113. The number of aryl methyl sites for hydroxylation is 2. The first kappa shape index (κ1) is 15.1. The first-order chi connectivity index (χ1) is 9.54. The number of nitrogens with one attached hydrogen (secondary N) is 1. The number of rotatable bonds is 4. The van der Waals surface area contributed by atoms with Gasteiger partial charge in [-0.3, -0.25) is 4.79 Å². The van der Waals surface area contributed by atoms with Crippen LogP contribution in [0.5, 0.6) is 0 Å². The molecule has 1 N–H and O–H groups in total. The summed E-state index contributed by atoms with van der Waals surface area (Å²) in [5.74, 6) is 0.430. The van der Waals surface area contributed by atoms with Crippen molar-refractivity contribution in [1.82, 2.24) is 0 Å². The molecule has 2 aromatic rings. The molecule has 0 saturated carbocycles. The van der Waals surface area contributed by atoms with E-state index in [1.165, 1.54) is 5.56 Å². The van der Waals surface area contributed by atoms with Crippen LogP contribution in [0.15, 0.2) is 51.8 Å². The fraction of sp³-hybridized carbons (Fsp3) is 0.188. The van der Waals surface area contributed by atoms with Crippen molar-refractivity contribution in [3.05, 3.63) is 58.1 Å². The first-order valence-corrected chi connectivity index (χ1v) is 8.08. The van der Waals surface area contributed by atoms with Crippen LogP contribution in [0.3, 0.4) is 0 Å². The molecule has 0 unspecified atom stereocenters. The lowest BCUT2D eigenvalue weighted by Gasteiger charge is -2.08. The van der Waals surface area contributed by atoms with Crippen molar-refractivity contribution < 1.29 is 4.79 Å². The summed E-state index contributed by atoms with van der Waals surface area (Å²) < 4.78 is 1.06. The quantitative estimate of drug-likeness (QED) is 0.803. The highest BCUT2D eigenvalue weighted by molar-refractivity contribution is 9.10. The zero-order chi connectivity index (χ0) is 14.5. The first-order valence-electron chi connectivity index (χ1n) is 6.30. The van der Waals surface area contributed by atoms with Crippen molar-refractivity contribution in [3.63, 3.8) is 0 Å². The fourth-order valence-corrected chi connectivity index (χ4v) is 3.12. The standard InChI is InChI=1S/C16H16BrNOS/c1-11-4-3-5-14(8-11)18-16(19)10-20-15-7-6-13(17)9-12(15)2/h3-9H,10H2,1-2H3,(H,18,19). The van der Waals surface area contributed by atoms with Gasteiger partial charge in [0.05, 0.1) is 5.75 Å². The monoisotopic (exact) mass is 349 g/mol. The largest absolute Gasteiger partial charge is 0.325 e. The minimum Gasteiger partial charge on any atom is -0.325 e. The minimum atomic E-state index is 0.0166. The van der Waals surface area contributed by atoms with Crippen LogP contribution in [0, 0.1) is 13.8 Å². The van der Waals surface area contributed by atoms with Gasteiger partial charge in [-0.15, -0.1) is 11.8 Å². The van der Waals surface area contributed by atoms with Gasteiger partial charge in [0.15, 0.2) is 0 Å². The minimum absolute atomic E-state index is 0.0166. The highest BCUT2D eigenvalue weighted by Crippen LogP contribution is 2.25. The molecule has 0 aliphatic rings. The summed E-state index contributed by atoms with van der Waals surface area (Å²) in [4.78, 5) is 13.1. The van der Waals surface area contributed by atoms with E-state index in [2.05, 4.69) is 27.3 Å². The molecular weight excluding hydrogens is 334 g/mol. The van der Waals surface area contributed by atoms with Crippen molar-refractivity contribution in [2.24, 2.45) is 0 Å². The molecule has 20 heavy (non-hydrogen) atoms. The molecule has 0 fully saturated rings. The van der Waals surface area contributed by atoms with Crippen LogP contribution < -0.4 is 5.32 Å². The fourth-order valence-electron chi connectivity index (χ4n) is 1.84. The molecule has 1 amide bonds. The van der Waals surface area contributed by atoms with E-state index in [1.54, 1.807) is 11.8 Å². The Kier molecular flexibility index (Phi) is 5.26.